The number of likely N-dealkylation sites (tertiary alicyclic amines) is 1. The molecule has 1 amide bonds. The zero-order chi connectivity index (χ0) is 19.6. The van der Waals surface area contributed by atoms with Crippen molar-refractivity contribution in [2.75, 3.05) is 26.2 Å². The third-order valence-corrected chi connectivity index (χ3v) is 5.56. The number of benzene rings is 1. The Kier molecular flexibility index (Phi) is 8.06. The minimum absolute atomic E-state index is 0.0529. The van der Waals surface area contributed by atoms with Gasteiger partial charge in [-0.1, -0.05) is 18.6 Å². The third kappa shape index (κ3) is 7.09. The van der Waals surface area contributed by atoms with Crippen LogP contribution in [-0.2, 0) is 11.4 Å². The first kappa shape index (κ1) is 20.6. The molecule has 0 atom stereocenters. The number of amides is 1. The van der Waals surface area contributed by atoms with Gasteiger partial charge in [-0.05, 0) is 69.6 Å². The molecule has 1 aliphatic heterocycles. The number of aromatic nitrogens is 1. The lowest BCUT2D eigenvalue weighted by atomic mass is 10.1. The van der Waals surface area contributed by atoms with E-state index in [-0.39, 0.29) is 5.91 Å². The molecule has 3 rings (SSSR count). The van der Waals surface area contributed by atoms with Crippen molar-refractivity contribution in [1.82, 2.24) is 15.2 Å². The predicted octanol–water partition coefficient (Wildman–Crippen LogP) is 4.04. The van der Waals surface area contributed by atoms with Gasteiger partial charge in [0.25, 0.3) is 0 Å². The standard InChI is InChI=1S/C22H29N3O2S/c1-18-24-20(17-28-18)16-27-21-8-5-7-19(15-21)9-10-22(26)23-11-6-14-25-12-3-2-4-13-25/h5,7-10,15,17H,2-4,6,11-14,16H2,1H3,(H,23,26)/b10-9+. The minimum atomic E-state index is -0.0529. The Morgan fingerprint density at radius 2 is 2.18 bits per heavy atom. The van der Waals surface area contributed by atoms with Crippen molar-refractivity contribution in [2.45, 2.75) is 39.2 Å². The molecule has 1 N–H and O–H groups in total. The molecule has 2 aromatic rings. The van der Waals surface area contributed by atoms with Gasteiger partial charge < -0.3 is 15.0 Å². The molecule has 1 saturated heterocycles. The number of ether oxygens (including phenoxy) is 1. The summed E-state index contributed by atoms with van der Waals surface area (Å²) in [5.41, 5.74) is 1.88. The molecule has 150 valence electrons. The first-order valence-electron chi connectivity index (χ1n) is 10.0. The lowest BCUT2D eigenvalue weighted by Crippen LogP contribution is -2.33. The van der Waals surface area contributed by atoms with Crippen LogP contribution in [0, 0.1) is 6.92 Å². The van der Waals surface area contributed by atoms with Crippen LogP contribution in [0.1, 0.15) is 41.9 Å². The van der Waals surface area contributed by atoms with Crippen LogP contribution < -0.4 is 10.1 Å². The fraction of sp³-hybridized carbons (Fsp3) is 0.455. The van der Waals surface area contributed by atoms with Gasteiger partial charge in [-0.15, -0.1) is 11.3 Å². The van der Waals surface area contributed by atoms with E-state index in [4.69, 9.17) is 4.74 Å². The fourth-order valence-corrected chi connectivity index (χ4v) is 3.87. The van der Waals surface area contributed by atoms with Crippen molar-refractivity contribution in [3.05, 3.63) is 52.0 Å². The molecule has 28 heavy (non-hydrogen) atoms. The smallest absolute Gasteiger partial charge is 0.243 e. The van der Waals surface area contributed by atoms with Gasteiger partial charge in [0.05, 0.1) is 10.7 Å². The second-order valence-corrected chi connectivity index (χ2v) is 8.16. The van der Waals surface area contributed by atoms with E-state index in [9.17, 15) is 4.79 Å². The van der Waals surface area contributed by atoms with Gasteiger partial charge >= 0.3 is 0 Å². The summed E-state index contributed by atoms with van der Waals surface area (Å²) in [5, 5.41) is 6.01. The normalized spacial score (nSPS) is 15.0. The van der Waals surface area contributed by atoms with Crippen molar-refractivity contribution >= 4 is 23.3 Å². The van der Waals surface area contributed by atoms with Crippen LogP contribution >= 0.6 is 11.3 Å². The maximum atomic E-state index is 12.0. The Balaban J connectivity index is 1.38. The molecular formula is C22H29N3O2S. The quantitative estimate of drug-likeness (QED) is 0.511. The molecule has 1 aromatic heterocycles. The highest BCUT2D eigenvalue weighted by Crippen LogP contribution is 2.17. The molecule has 5 nitrogen and oxygen atoms in total. The summed E-state index contributed by atoms with van der Waals surface area (Å²) in [4.78, 5) is 18.9. The number of carbonyl (C=O) groups excluding carboxylic acids is 1. The molecule has 0 bridgehead atoms. The predicted molar refractivity (Wildman–Crippen MR) is 115 cm³/mol. The van der Waals surface area contributed by atoms with E-state index in [0.29, 0.717) is 6.61 Å². The second kappa shape index (κ2) is 11.0. The van der Waals surface area contributed by atoms with E-state index >= 15 is 0 Å². The van der Waals surface area contributed by atoms with Gasteiger partial charge in [0.1, 0.15) is 12.4 Å². The minimum Gasteiger partial charge on any atom is -0.487 e. The Morgan fingerprint density at radius 1 is 1.32 bits per heavy atom. The maximum Gasteiger partial charge on any atom is 0.243 e. The van der Waals surface area contributed by atoms with E-state index in [1.807, 2.05) is 42.6 Å². The lowest BCUT2D eigenvalue weighted by molar-refractivity contribution is -0.116. The second-order valence-electron chi connectivity index (χ2n) is 7.10. The molecule has 0 radical (unpaired) electrons. The summed E-state index contributed by atoms with van der Waals surface area (Å²) in [6.07, 6.45) is 8.38. The van der Waals surface area contributed by atoms with Crippen molar-refractivity contribution in [3.63, 3.8) is 0 Å². The van der Waals surface area contributed by atoms with Crippen LogP contribution in [0.25, 0.3) is 6.08 Å². The molecule has 2 heterocycles. The van der Waals surface area contributed by atoms with Gasteiger partial charge in [0.15, 0.2) is 0 Å². The largest absolute Gasteiger partial charge is 0.487 e. The number of hydrogen-bond donors (Lipinski definition) is 1. The number of carbonyl (C=O) groups is 1. The maximum absolute atomic E-state index is 12.0. The molecule has 6 heteroatoms. The van der Waals surface area contributed by atoms with Crippen LogP contribution in [0.4, 0.5) is 0 Å². The first-order valence-corrected chi connectivity index (χ1v) is 10.9. The molecule has 0 unspecified atom stereocenters. The van der Waals surface area contributed by atoms with Crippen molar-refractivity contribution in [1.29, 1.82) is 0 Å². The number of thiazole rings is 1. The van der Waals surface area contributed by atoms with Crippen molar-refractivity contribution < 1.29 is 9.53 Å². The summed E-state index contributed by atoms with van der Waals surface area (Å²) in [5.74, 6) is 0.720. The molecule has 1 fully saturated rings. The van der Waals surface area contributed by atoms with Gasteiger partial charge in [0.2, 0.25) is 5.91 Å². The number of aryl methyl sites for hydroxylation is 1. The van der Waals surface area contributed by atoms with Crippen molar-refractivity contribution in [3.8, 4) is 5.75 Å². The Morgan fingerprint density at radius 3 is 2.96 bits per heavy atom. The molecular weight excluding hydrogens is 370 g/mol. The third-order valence-electron chi connectivity index (χ3n) is 4.74. The van der Waals surface area contributed by atoms with Crippen LogP contribution in [0.2, 0.25) is 0 Å². The molecule has 0 spiro atoms. The highest BCUT2D eigenvalue weighted by molar-refractivity contribution is 7.09. The molecule has 0 saturated carbocycles. The van der Waals surface area contributed by atoms with Crippen LogP contribution in [-0.4, -0.2) is 42.0 Å². The Bertz CT molecular complexity index is 782. The number of rotatable bonds is 9. The summed E-state index contributed by atoms with van der Waals surface area (Å²) >= 11 is 1.62. The number of hydrogen-bond acceptors (Lipinski definition) is 5. The van der Waals surface area contributed by atoms with E-state index in [0.717, 1.165) is 41.5 Å². The highest BCUT2D eigenvalue weighted by Gasteiger charge is 2.09. The van der Waals surface area contributed by atoms with Crippen molar-refractivity contribution in [2.24, 2.45) is 0 Å². The number of nitrogens with zero attached hydrogens (tertiary/aromatic N) is 2. The molecule has 1 aromatic carbocycles. The van der Waals surface area contributed by atoms with Crippen LogP contribution in [0.5, 0.6) is 5.75 Å². The average molecular weight is 400 g/mol. The summed E-state index contributed by atoms with van der Waals surface area (Å²) in [7, 11) is 0. The lowest BCUT2D eigenvalue weighted by Gasteiger charge is -2.26. The Labute approximate surface area is 171 Å². The zero-order valence-electron chi connectivity index (χ0n) is 16.5. The van der Waals surface area contributed by atoms with Gasteiger partial charge in [-0.3, -0.25) is 4.79 Å². The zero-order valence-corrected chi connectivity index (χ0v) is 17.3. The molecule has 0 aliphatic carbocycles. The van der Waals surface area contributed by atoms with Gasteiger partial charge in [-0.25, -0.2) is 4.98 Å². The van der Waals surface area contributed by atoms with Gasteiger partial charge in [0, 0.05) is 18.0 Å². The number of piperidine rings is 1. The highest BCUT2D eigenvalue weighted by atomic mass is 32.1. The summed E-state index contributed by atoms with van der Waals surface area (Å²) in [6, 6.07) is 7.73. The number of nitrogens with one attached hydrogen (secondary N) is 1. The fourth-order valence-electron chi connectivity index (χ4n) is 3.27. The van der Waals surface area contributed by atoms with E-state index in [1.54, 1.807) is 17.4 Å². The Hall–Kier alpha value is -2.18. The van der Waals surface area contributed by atoms with Crippen LogP contribution in [0.3, 0.4) is 0 Å². The summed E-state index contributed by atoms with van der Waals surface area (Å²) < 4.78 is 5.79. The van der Waals surface area contributed by atoms with Crippen LogP contribution in [0.15, 0.2) is 35.7 Å². The SMILES string of the molecule is Cc1nc(COc2cccc(/C=C/C(=O)NCCCN3CCCCC3)c2)cs1. The van der Waals surface area contributed by atoms with E-state index in [2.05, 4.69) is 15.2 Å². The summed E-state index contributed by atoms with van der Waals surface area (Å²) in [6.45, 7) is 6.63. The van der Waals surface area contributed by atoms with E-state index < -0.39 is 0 Å². The molecule has 1 aliphatic rings. The average Bonchev–Trinajstić information content (AvgIpc) is 3.14. The monoisotopic (exact) mass is 399 g/mol. The van der Waals surface area contributed by atoms with E-state index in [1.165, 1.54) is 32.4 Å². The van der Waals surface area contributed by atoms with Gasteiger partial charge in [-0.2, -0.15) is 0 Å². The first-order chi connectivity index (χ1) is 13.7. The topological polar surface area (TPSA) is 54.5 Å².